The van der Waals surface area contributed by atoms with E-state index >= 15 is 0 Å². The molecule has 88 valence electrons. The lowest BCUT2D eigenvalue weighted by Gasteiger charge is -2.19. The molecular weight excluding hydrogens is 240 g/mol. The molecule has 0 saturated heterocycles. The molecule has 0 aliphatic heterocycles. The fourth-order valence-corrected chi connectivity index (χ4v) is 3.79. The van der Waals surface area contributed by atoms with Crippen LogP contribution in [0.4, 0.5) is 0 Å². The maximum Gasteiger partial charge on any atom is 0.370 e. The van der Waals surface area contributed by atoms with Crippen molar-refractivity contribution in [2.75, 3.05) is 11.5 Å². The molecule has 0 saturated carbocycles. The highest BCUT2D eigenvalue weighted by molar-refractivity contribution is 8.06. The summed E-state index contributed by atoms with van der Waals surface area (Å²) in [5.74, 6) is -0.618. The molecule has 15 heavy (non-hydrogen) atoms. The van der Waals surface area contributed by atoms with Crippen molar-refractivity contribution in [1.82, 2.24) is 0 Å². The van der Waals surface area contributed by atoms with Crippen molar-refractivity contribution in [2.45, 2.75) is 25.5 Å². The first-order valence-electron chi connectivity index (χ1n) is 4.20. The molecule has 0 radical (unpaired) electrons. The Balaban J connectivity index is 5.28. The van der Waals surface area contributed by atoms with Gasteiger partial charge in [-0.25, -0.2) is 16.8 Å². The second-order valence-electron chi connectivity index (χ2n) is 3.70. The van der Waals surface area contributed by atoms with Gasteiger partial charge in [0.2, 0.25) is 0 Å². The Kier molecular flexibility index (Phi) is 4.21. The molecule has 0 aromatic rings. The van der Waals surface area contributed by atoms with E-state index in [1.165, 1.54) is 20.8 Å². The van der Waals surface area contributed by atoms with Crippen LogP contribution in [0.1, 0.15) is 20.8 Å². The molecule has 0 aliphatic rings. The van der Waals surface area contributed by atoms with Gasteiger partial charge in [-0.15, -0.1) is 0 Å². The van der Waals surface area contributed by atoms with E-state index in [0.717, 1.165) is 0 Å². The lowest BCUT2D eigenvalue weighted by Crippen LogP contribution is -2.40. The van der Waals surface area contributed by atoms with Crippen molar-refractivity contribution in [3.8, 4) is 0 Å². The lowest BCUT2D eigenvalue weighted by atomic mass is 10.2. The van der Waals surface area contributed by atoms with Crippen LogP contribution in [0.25, 0.3) is 5.53 Å². The molecule has 0 atom stereocenters. The quantitative estimate of drug-likeness (QED) is 0.295. The summed E-state index contributed by atoms with van der Waals surface area (Å²) < 4.78 is 44.0. The van der Waals surface area contributed by atoms with Gasteiger partial charge in [-0.2, -0.15) is 4.79 Å². The van der Waals surface area contributed by atoms with Gasteiger partial charge in [0.25, 0.3) is 9.84 Å². The number of hydrogen-bond acceptors (Lipinski definition) is 4. The molecule has 0 aromatic heterocycles. The minimum Gasteiger partial charge on any atom is -0.361 e. The van der Waals surface area contributed by atoms with Gasteiger partial charge in [-0.05, 0) is 13.8 Å². The van der Waals surface area contributed by atoms with Crippen LogP contribution < -0.4 is 0 Å². The molecule has 0 heterocycles. The summed E-state index contributed by atoms with van der Waals surface area (Å²) in [6.45, 7) is 3.99. The van der Waals surface area contributed by atoms with Crippen LogP contribution in [0.2, 0.25) is 0 Å². The summed E-state index contributed by atoms with van der Waals surface area (Å²) in [5.41, 5.74) is 8.52. The number of sulfone groups is 2. The monoisotopic (exact) mass is 254 g/mol. The third kappa shape index (κ3) is 3.73. The van der Waals surface area contributed by atoms with Gasteiger partial charge in [-0.3, -0.25) is 0 Å². The molecule has 0 bridgehead atoms. The van der Waals surface area contributed by atoms with E-state index in [2.05, 4.69) is 4.79 Å². The summed E-state index contributed by atoms with van der Waals surface area (Å²) in [4.78, 5) is 2.42. The van der Waals surface area contributed by atoms with E-state index in [0.29, 0.717) is 5.55 Å². The third-order valence-electron chi connectivity index (χ3n) is 1.96. The first-order chi connectivity index (χ1) is 6.58. The van der Waals surface area contributed by atoms with E-state index in [-0.39, 0.29) is 5.75 Å². The van der Waals surface area contributed by atoms with E-state index < -0.39 is 30.2 Å². The van der Waals surface area contributed by atoms with Gasteiger partial charge in [0, 0.05) is 5.75 Å². The SMILES string of the molecule is CCS(=O)(=O)CC(C)(C)S(=O)(=O)C=[N+]=[N-]. The molecule has 0 aliphatic carbocycles. The average Bonchev–Trinajstić information content (AvgIpc) is 2.02. The summed E-state index contributed by atoms with van der Waals surface area (Å²) in [7, 11) is -7.28. The Labute approximate surface area is 89.8 Å². The Hall–Kier alpha value is -0.720. The predicted octanol–water partition coefficient (Wildman–Crippen LogP) is -0.127. The van der Waals surface area contributed by atoms with Crippen LogP contribution in [0.15, 0.2) is 0 Å². The topological polar surface area (TPSA) is 105 Å². The normalized spacial score (nSPS) is 13.3. The fraction of sp³-hybridized carbons (Fsp3) is 0.857. The Morgan fingerprint density at radius 3 is 2.07 bits per heavy atom. The molecule has 8 heteroatoms. The molecule has 0 fully saturated rings. The van der Waals surface area contributed by atoms with E-state index in [1.807, 2.05) is 0 Å². The number of nitrogens with zero attached hydrogens (tertiary/aromatic N) is 2. The second-order valence-corrected chi connectivity index (χ2v) is 8.46. The lowest BCUT2D eigenvalue weighted by molar-refractivity contribution is 0.00741. The first-order valence-corrected chi connectivity index (χ1v) is 7.57. The first kappa shape index (κ1) is 14.3. The highest BCUT2D eigenvalue weighted by Crippen LogP contribution is 2.18. The van der Waals surface area contributed by atoms with E-state index in [1.54, 1.807) is 0 Å². The van der Waals surface area contributed by atoms with Gasteiger partial charge < -0.3 is 5.53 Å². The summed E-state index contributed by atoms with van der Waals surface area (Å²) >= 11 is 0. The number of rotatable bonds is 5. The van der Waals surface area contributed by atoms with E-state index in [9.17, 15) is 16.8 Å². The predicted molar refractivity (Wildman–Crippen MR) is 57.0 cm³/mol. The molecule has 0 spiro atoms. The van der Waals surface area contributed by atoms with Crippen LogP contribution in [0.5, 0.6) is 0 Å². The van der Waals surface area contributed by atoms with Gasteiger partial charge in [-0.1, -0.05) is 6.92 Å². The van der Waals surface area contributed by atoms with Gasteiger partial charge >= 0.3 is 5.55 Å². The molecule has 0 unspecified atom stereocenters. The van der Waals surface area contributed by atoms with Crippen LogP contribution in [0.3, 0.4) is 0 Å². The number of hydrogen-bond donors (Lipinski definition) is 0. The third-order valence-corrected chi connectivity index (χ3v) is 6.24. The average molecular weight is 254 g/mol. The van der Waals surface area contributed by atoms with Crippen molar-refractivity contribution in [3.63, 3.8) is 0 Å². The standard InChI is InChI=1S/C7H14N2O4S2/c1-4-14(10,11)5-7(2,3)15(12,13)6-9-8/h6H,4-5H2,1-3H3. The molecule has 6 nitrogen and oxygen atoms in total. The van der Waals surface area contributed by atoms with E-state index in [4.69, 9.17) is 5.53 Å². The van der Waals surface area contributed by atoms with Crippen molar-refractivity contribution in [2.24, 2.45) is 0 Å². The summed E-state index contributed by atoms with van der Waals surface area (Å²) in [6, 6.07) is 0. The molecular formula is C7H14N2O4S2. The highest BCUT2D eigenvalue weighted by atomic mass is 32.2. The van der Waals surface area contributed by atoms with Crippen molar-refractivity contribution >= 4 is 25.2 Å². The Morgan fingerprint density at radius 2 is 1.73 bits per heavy atom. The fourth-order valence-electron chi connectivity index (χ4n) is 0.919. The van der Waals surface area contributed by atoms with Crippen molar-refractivity contribution in [1.29, 1.82) is 0 Å². The maximum atomic E-state index is 11.5. The van der Waals surface area contributed by atoms with Gasteiger partial charge in [0.05, 0.1) is 10.5 Å². The zero-order chi connectivity index (χ0) is 12.3. The summed E-state index contributed by atoms with van der Waals surface area (Å²) in [6.07, 6.45) is 0. The van der Waals surface area contributed by atoms with Gasteiger partial charge in [0.15, 0.2) is 9.84 Å². The second kappa shape index (κ2) is 4.42. The molecule has 0 rings (SSSR count). The zero-order valence-corrected chi connectivity index (χ0v) is 10.5. The van der Waals surface area contributed by atoms with Crippen molar-refractivity contribution in [3.05, 3.63) is 5.53 Å². The van der Waals surface area contributed by atoms with Crippen LogP contribution in [-0.2, 0) is 19.7 Å². The Bertz CT molecular complexity index is 469. The Morgan fingerprint density at radius 1 is 1.27 bits per heavy atom. The van der Waals surface area contributed by atoms with Gasteiger partial charge in [0.1, 0.15) is 0 Å². The summed E-state index contributed by atoms with van der Waals surface area (Å²) in [5, 5.41) is 0. The van der Waals surface area contributed by atoms with Crippen molar-refractivity contribution < 1.29 is 21.6 Å². The van der Waals surface area contributed by atoms with Crippen LogP contribution in [0, 0.1) is 0 Å². The minimum atomic E-state index is -3.87. The molecule has 0 amide bonds. The minimum absolute atomic E-state index is 0.123. The molecule has 0 aromatic carbocycles. The smallest absolute Gasteiger partial charge is 0.361 e. The molecule has 0 N–H and O–H groups in total. The largest absolute Gasteiger partial charge is 0.370 e. The van der Waals surface area contributed by atoms with Crippen LogP contribution in [-0.4, -0.2) is 43.4 Å². The highest BCUT2D eigenvalue weighted by Gasteiger charge is 2.39. The van der Waals surface area contributed by atoms with Crippen LogP contribution >= 0.6 is 0 Å². The zero-order valence-electron chi connectivity index (χ0n) is 8.84. The maximum absolute atomic E-state index is 11.5.